The molecule has 1 saturated heterocycles. The lowest BCUT2D eigenvalue weighted by molar-refractivity contribution is 0.624. The summed E-state index contributed by atoms with van der Waals surface area (Å²) in [5.41, 5.74) is 8.79. The maximum Gasteiger partial charge on any atom is 0.106 e. The molecule has 0 saturated carbocycles. The lowest BCUT2D eigenvalue weighted by Gasteiger charge is -2.25. The first-order valence-corrected chi connectivity index (χ1v) is 7.98. The van der Waals surface area contributed by atoms with E-state index in [0.717, 1.165) is 41.2 Å². The minimum Gasteiger partial charge on any atom is -0.389 e. The van der Waals surface area contributed by atoms with Crippen molar-refractivity contribution in [3.8, 4) is 0 Å². The van der Waals surface area contributed by atoms with Crippen LogP contribution in [0.5, 0.6) is 0 Å². The smallest absolute Gasteiger partial charge is 0.106 e. The average molecular weight is 282 g/mol. The second-order valence-electron chi connectivity index (χ2n) is 4.68. The fourth-order valence-corrected chi connectivity index (χ4v) is 3.61. The molecule has 0 atom stereocenters. The molecule has 0 radical (unpaired) electrons. The van der Waals surface area contributed by atoms with E-state index in [0.29, 0.717) is 11.0 Å². The first kappa shape index (κ1) is 13.5. The second-order valence-corrected chi connectivity index (χ2v) is 6.82. The third-order valence-corrected chi connectivity index (χ3v) is 4.79. The Labute approximate surface area is 116 Å². The predicted molar refractivity (Wildman–Crippen MR) is 81.6 cm³/mol. The highest BCUT2D eigenvalue weighted by Crippen LogP contribution is 2.21. The Kier molecular flexibility index (Phi) is 4.35. The minimum absolute atomic E-state index is 0.374. The number of nitrogens with one attached hydrogen (secondary N) is 1. The van der Waals surface area contributed by atoms with Crippen LogP contribution >= 0.6 is 12.2 Å². The molecule has 0 aliphatic carbocycles. The number of anilines is 1. The summed E-state index contributed by atoms with van der Waals surface area (Å²) in [7, 11) is -0.627. The molecule has 2 rings (SSSR count). The molecule has 0 amide bonds. The number of thiocarbonyl (C=S) groups is 1. The van der Waals surface area contributed by atoms with E-state index in [1.807, 2.05) is 25.1 Å². The molecule has 98 valence electrons. The van der Waals surface area contributed by atoms with E-state index in [2.05, 4.69) is 5.32 Å². The van der Waals surface area contributed by atoms with Crippen molar-refractivity contribution in [1.82, 2.24) is 0 Å². The van der Waals surface area contributed by atoms with Gasteiger partial charge >= 0.3 is 0 Å². The van der Waals surface area contributed by atoms with Crippen LogP contribution in [-0.2, 0) is 10.8 Å². The molecule has 1 heterocycles. The molecule has 0 spiro atoms. The summed E-state index contributed by atoms with van der Waals surface area (Å²) in [6.07, 6.45) is 1.88. The van der Waals surface area contributed by atoms with E-state index in [4.69, 9.17) is 18.0 Å². The Morgan fingerprint density at radius 3 is 2.72 bits per heavy atom. The van der Waals surface area contributed by atoms with Crippen molar-refractivity contribution in [2.45, 2.75) is 25.8 Å². The van der Waals surface area contributed by atoms with Crippen LogP contribution in [0.2, 0.25) is 0 Å². The summed E-state index contributed by atoms with van der Waals surface area (Å²) in [6, 6.07) is 6.45. The number of nitrogens with two attached hydrogens (primary N) is 1. The molecular weight excluding hydrogens is 264 g/mol. The van der Waals surface area contributed by atoms with Gasteiger partial charge in [0, 0.05) is 39.6 Å². The first-order valence-electron chi connectivity index (χ1n) is 6.08. The van der Waals surface area contributed by atoms with Gasteiger partial charge in [0.05, 0.1) is 0 Å². The van der Waals surface area contributed by atoms with Crippen LogP contribution in [0, 0.1) is 6.92 Å². The number of benzene rings is 1. The zero-order chi connectivity index (χ0) is 13.1. The third-order valence-electron chi connectivity index (χ3n) is 3.19. The van der Waals surface area contributed by atoms with Gasteiger partial charge in [-0.2, -0.15) is 0 Å². The Morgan fingerprint density at radius 1 is 1.44 bits per heavy atom. The molecule has 1 aromatic rings. The fourth-order valence-electron chi connectivity index (χ4n) is 2.15. The Balaban J connectivity index is 2.13. The maximum absolute atomic E-state index is 11.3. The summed E-state index contributed by atoms with van der Waals surface area (Å²) < 4.78 is 11.3. The highest BCUT2D eigenvalue weighted by atomic mass is 32.2. The Hall–Kier alpha value is -0.940. The molecule has 1 fully saturated rings. The van der Waals surface area contributed by atoms with Crippen LogP contribution in [0.25, 0.3) is 0 Å². The van der Waals surface area contributed by atoms with Crippen molar-refractivity contribution >= 4 is 33.7 Å². The molecule has 3 nitrogen and oxygen atoms in total. The molecule has 1 aliphatic rings. The number of hydrogen-bond acceptors (Lipinski definition) is 3. The molecule has 18 heavy (non-hydrogen) atoms. The van der Waals surface area contributed by atoms with Gasteiger partial charge in [-0.15, -0.1) is 0 Å². The molecular formula is C13H18N2OS2. The van der Waals surface area contributed by atoms with Gasteiger partial charge in [-0.05, 0) is 31.9 Å². The first-order chi connectivity index (χ1) is 8.56. The van der Waals surface area contributed by atoms with Gasteiger partial charge in [-0.25, -0.2) is 0 Å². The third kappa shape index (κ3) is 3.29. The van der Waals surface area contributed by atoms with E-state index in [1.165, 1.54) is 0 Å². The zero-order valence-electron chi connectivity index (χ0n) is 10.4. The lowest BCUT2D eigenvalue weighted by Crippen LogP contribution is -2.30. The highest BCUT2D eigenvalue weighted by molar-refractivity contribution is 7.85. The van der Waals surface area contributed by atoms with Crippen molar-refractivity contribution < 1.29 is 4.21 Å². The van der Waals surface area contributed by atoms with Gasteiger partial charge in [0.1, 0.15) is 4.99 Å². The average Bonchev–Trinajstić information content (AvgIpc) is 2.34. The minimum atomic E-state index is -0.627. The highest BCUT2D eigenvalue weighted by Gasteiger charge is 2.18. The predicted octanol–water partition coefficient (Wildman–Crippen LogP) is 1.95. The number of rotatable bonds is 3. The van der Waals surface area contributed by atoms with E-state index in [-0.39, 0.29) is 0 Å². The molecule has 0 unspecified atom stereocenters. The van der Waals surface area contributed by atoms with Gasteiger partial charge in [-0.1, -0.05) is 23.8 Å². The van der Waals surface area contributed by atoms with Crippen molar-refractivity contribution in [1.29, 1.82) is 0 Å². The molecule has 1 aliphatic heterocycles. The molecule has 5 heteroatoms. The van der Waals surface area contributed by atoms with Gasteiger partial charge in [0.15, 0.2) is 0 Å². The Bertz CT molecular complexity index is 478. The SMILES string of the molecule is Cc1ccc(NC2CCS(=O)CC2)c(C(N)=S)c1. The number of hydrogen-bond donors (Lipinski definition) is 2. The van der Waals surface area contributed by atoms with Crippen LogP contribution in [0.15, 0.2) is 18.2 Å². The van der Waals surface area contributed by atoms with Gasteiger partial charge in [0.2, 0.25) is 0 Å². The fraction of sp³-hybridized carbons (Fsp3) is 0.462. The van der Waals surface area contributed by atoms with Crippen molar-refractivity contribution in [3.63, 3.8) is 0 Å². The van der Waals surface area contributed by atoms with E-state index in [9.17, 15) is 4.21 Å². The van der Waals surface area contributed by atoms with Gasteiger partial charge in [0.25, 0.3) is 0 Å². The lowest BCUT2D eigenvalue weighted by atomic mass is 10.1. The zero-order valence-corrected chi connectivity index (χ0v) is 12.1. The van der Waals surface area contributed by atoms with E-state index in [1.54, 1.807) is 0 Å². The van der Waals surface area contributed by atoms with Crippen LogP contribution < -0.4 is 11.1 Å². The summed E-state index contributed by atoms with van der Waals surface area (Å²) in [5, 5.41) is 3.48. The standard InChI is InChI=1S/C13H18N2OS2/c1-9-2-3-12(11(8-9)13(14)17)15-10-4-6-18(16)7-5-10/h2-3,8,10,15H,4-7H2,1H3,(H2,14,17). The topological polar surface area (TPSA) is 55.1 Å². The monoisotopic (exact) mass is 282 g/mol. The molecule has 3 N–H and O–H groups in total. The van der Waals surface area contributed by atoms with Crippen molar-refractivity contribution in [3.05, 3.63) is 29.3 Å². The van der Waals surface area contributed by atoms with Crippen molar-refractivity contribution in [2.24, 2.45) is 5.73 Å². The van der Waals surface area contributed by atoms with Crippen LogP contribution in [0.3, 0.4) is 0 Å². The quantitative estimate of drug-likeness (QED) is 0.832. The summed E-state index contributed by atoms with van der Waals surface area (Å²) in [5.74, 6) is 1.57. The summed E-state index contributed by atoms with van der Waals surface area (Å²) in [6.45, 7) is 2.02. The second kappa shape index (κ2) is 5.80. The molecule has 0 aromatic heterocycles. The van der Waals surface area contributed by atoms with E-state index >= 15 is 0 Å². The summed E-state index contributed by atoms with van der Waals surface area (Å²) >= 11 is 5.08. The number of aryl methyl sites for hydroxylation is 1. The molecule has 0 bridgehead atoms. The van der Waals surface area contributed by atoms with Crippen LogP contribution in [-0.4, -0.2) is 26.7 Å². The van der Waals surface area contributed by atoms with Crippen LogP contribution in [0.4, 0.5) is 5.69 Å². The van der Waals surface area contributed by atoms with Gasteiger partial charge in [-0.3, -0.25) is 4.21 Å². The van der Waals surface area contributed by atoms with Gasteiger partial charge < -0.3 is 11.1 Å². The van der Waals surface area contributed by atoms with Crippen molar-refractivity contribution in [2.75, 3.05) is 16.8 Å². The van der Waals surface area contributed by atoms with E-state index < -0.39 is 10.8 Å². The van der Waals surface area contributed by atoms with Crippen LogP contribution in [0.1, 0.15) is 24.0 Å². The maximum atomic E-state index is 11.3. The largest absolute Gasteiger partial charge is 0.389 e. The Morgan fingerprint density at radius 2 is 2.11 bits per heavy atom. The molecule has 1 aromatic carbocycles. The summed E-state index contributed by atoms with van der Waals surface area (Å²) in [4.78, 5) is 0.417. The normalized spacial score (nSPS) is 23.6.